The van der Waals surface area contributed by atoms with Gasteiger partial charge in [0.2, 0.25) is 15.9 Å². The van der Waals surface area contributed by atoms with E-state index in [-0.39, 0.29) is 5.91 Å². The molecule has 0 aliphatic carbocycles. The zero-order chi connectivity index (χ0) is 17.6. The molecule has 0 aliphatic heterocycles. The van der Waals surface area contributed by atoms with Crippen molar-refractivity contribution in [2.45, 2.75) is 38.4 Å². The van der Waals surface area contributed by atoms with E-state index in [0.29, 0.717) is 43.1 Å². The second-order valence-corrected chi connectivity index (χ2v) is 7.96. The number of amides is 1. The highest BCUT2D eigenvalue weighted by Crippen LogP contribution is 2.19. The Kier molecular flexibility index (Phi) is 6.16. The highest BCUT2D eigenvalue weighted by molar-refractivity contribution is 7.90. The molecule has 0 bridgehead atoms. The van der Waals surface area contributed by atoms with Crippen LogP contribution in [-0.2, 0) is 14.8 Å². The van der Waals surface area contributed by atoms with E-state index in [9.17, 15) is 13.2 Å². The van der Waals surface area contributed by atoms with Gasteiger partial charge < -0.3 is 9.73 Å². The van der Waals surface area contributed by atoms with Crippen molar-refractivity contribution in [1.29, 1.82) is 0 Å². The summed E-state index contributed by atoms with van der Waals surface area (Å²) < 4.78 is 30.9. The fourth-order valence-corrected chi connectivity index (χ4v) is 2.70. The summed E-state index contributed by atoms with van der Waals surface area (Å²) in [6.07, 6.45) is 3.04. The van der Waals surface area contributed by atoms with E-state index in [1.807, 2.05) is 0 Å². The lowest BCUT2D eigenvalue weighted by molar-refractivity contribution is -0.116. The van der Waals surface area contributed by atoms with Crippen LogP contribution in [0.3, 0.4) is 0 Å². The number of aromatic nitrogens is 2. The zero-order valence-corrected chi connectivity index (χ0v) is 14.5. The minimum atomic E-state index is -3.24. The Morgan fingerprint density at radius 2 is 2.17 bits per heavy atom. The summed E-state index contributed by atoms with van der Waals surface area (Å²) in [4.78, 5) is 11.8. The summed E-state index contributed by atoms with van der Waals surface area (Å²) in [6, 6.07) is 5.24. The molecular weight excluding hydrogens is 332 g/mol. The van der Waals surface area contributed by atoms with Crippen LogP contribution in [0.15, 0.2) is 28.9 Å². The molecule has 0 spiro atoms. The van der Waals surface area contributed by atoms with Gasteiger partial charge in [-0.15, -0.1) is 0 Å². The molecular formula is C15H22N4O4S. The summed E-state index contributed by atoms with van der Waals surface area (Å²) in [5.41, 5.74) is 0.679. The predicted octanol–water partition coefficient (Wildman–Crippen LogP) is 2.11. The number of aromatic amines is 1. The molecule has 2 rings (SSSR count). The number of hydrogen-bond acceptors (Lipinski definition) is 5. The normalized spacial score (nSPS) is 11.8. The average molecular weight is 354 g/mol. The predicted molar refractivity (Wildman–Crippen MR) is 90.8 cm³/mol. The minimum Gasteiger partial charge on any atom is -0.463 e. The maximum Gasteiger partial charge on any atom is 0.225 e. The Morgan fingerprint density at radius 3 is 2.83 bits per heavy atom. The lowest BCUT2D eigenvalue weighted by atomic mass is 10.2. The maximum atomic E-state index is 11.8. The zero-order valence-electron chi connectivity index (χ0n) is 13.7. The number of nitrogens with one attached hydrogen (secondary N) is 3. The number of anilines is 1. The molecule has 0 aromatic carbocycles. The van der Waals surface area contributed by atoms with Gasteiger partial charge in [0.15, 0.2) is 11.6 Å². The first-order valence-corrected chi connectivity index (χ1v) is 9.31. The molecule has 3 N–H and O–H groups in total. The number of H-pyrrole nitrogens is 1. The van der Waals surface area contributed by atoms with E-state index in [1.54, 1.807) is 38.3 Å². The van der Waals surface area contributed by atoms with Crippen LogP contribution < -0.4 is 10.0 Å². The number of rotatable bonds is 9. The number of unbranched alkanes of at least 4 members (excludes halogenated alkanes) is 1. The molecule has 2 aromatic rings. The first-order valence-electron chi connectivity index (χ1n) is 7.76. The summed E-state index contributed by atoms with van der Waals surface area (Å²) >= 11 is 0. The Labute approximate surface area is 141 Å². The third-order valence-electron chi connectivity index (χ3n) is 3.39. The molecule has 0 aliphatic rings. The van der Waals surface area contributed by atoms with Gasteiger partial charge in [0.05, 0.1) is 11.5 Å². The monoisotopic (exact) mass is 354 g/mol. The van der Waals surface area contributed by atoms with Crippen molar-refractivity contribution in [3.8, 4) is 11.5 Å². The average Bonchev–Trinajstić information content (AvgIpc) is 3.17. The van der Waals surface area contributed by atoms with Gasteiger partial charge in [-0.25, -0.2) is 13.1 Å². The molecule has 9 heteroatoms. The second kappa shape index (κ2) is 8.11. The fraction of sp³-hybridized carbons (Fsp3) is 0.467. The number of furan rings is 1. The quantitative estimate of drug-likeness (QED) is 0.596. The Hall–Kier alpha value is -2.13. The van der Waals surface area contributed by atoms with Gasteiger partial charge in [-0.3, -0.25) is 9.89 Å². The first kappa shape index (κ1) is 18.2. The fourth-order valence-electron chi connectivity index (χ4n) is 1.94. The molecule has 0 saturated heterocycles. The number of nitrogens with zero attached hydrogens (tertiary/aromatic N) is 1. The van der Waals surface area contributed by atoms with Gasteiger partial charge in [-0.05, 0) is 38.8 Å². The second-order valence-electron chi connectivity index (χ2n) is 5.64. The van der Waals surface area contributed by atoms with E-state index >= 15 is 0 Å². The van der Waals surface area contributed by atoms with Gasteiger partial charge in [-0.2, -0.15) is 5.10 Å². The standard InChI is InChI=1S/C15H22N4O4S/c1-11(2)24(21,22)16-8-4-3-7-15(20)17-14-10-12(18-19-14)13-6-5-9-23-13/h5-6,9-11,16H,3-4,7-8H2,1-2H3,(H2,17,18,19,20). The Bertz CT molecular complexity index is 750. The van der Waals surface area contributed by atoms with Gasteiger partial charge >= 0.3 is 0 Å². The van der Waals surface area contributed by atoms with Crippen LogP contribution in [0.4, 0.5) is 5.82 Å². The number of hydrogen-bond donors (Lipinski definition) is 3. The van der Waals surface area contributed by atoms with Crippen LogP contribution in [0.25, 0.3) is 11.5 Å². The molecule has 132 valence electrons. The SMILES string of the molecule is CC(C)S(=O)(=O)NCCCCC(=O)Nc1cc(-c2ccco2)[nH]n1. The van der Waals surface area contributed by atoms with Crippen molar-refractivity contribution in [3.05, 3.63) is 24.5 Å². The molecule has 24 heavy (non-hydrogen) atoms. The molecule has 2 heterocycles. The molecule has 1 amide bonds. The molecule has 0 saturated carbocycles. The third kappa shape index (κ3) is 5.20. The topological polar surface area (TPSA) is 117 Å². The van der Waals surface area contributed by atoms with Crippen LogP contribution in [0.5, 0.6) is 0 Å². The highest BCUT2D eigenvalue weighted by Gasteiger charge is 2.14. The first-order chi connectivity index (χ1) is 11.4. The van der Waals surface area contributed by atoms with E-state index in [0.717, 1.165) is 0 Å². The van der Waals surface area contributed by atoms with Crippen LogP contribution in [-0.4, -0.2) is 36.3 Å². The summed E-state index contributed by atoms with van der Waals surface area (Å²) in [5.74, 6) is 0.895. The van der Waals surface area contributed by atoms with Crippen molar-refractivity contribution in [2.75, 3.05) is 11.9 Å². The summed E-state index contributed by atoms with van der Waals surface area (Å²) in [7, 11) is -3.24. The molecule has 0 atom stereocenters. The van der Waals surface area contributed by atoms with Gasteiger partial charge in [0.25, 0.3) is 0 Å². The van der Waals surface area contributed by atoms with Crippen LogP contribution >= 0.6 is 0 Å². The third-order valence-corrected chi connectivity index (χ3v) is 5.23. The lowest BCUT2D eigenvalue weighted by Crippen LogP contribution is -2.31. The van der Waals surface area contributed by atoms with E-state index in [4.69, 9.17) is 4.42 Å². The van der Waals surface area contributed by atoms with Crippen LogP contribution in [0, 0.1) is 0 Å². The van der Waals surface area contributed by atoms with Crippen molar-refractivity contribution in [1.82, 2.24) is 14.9 Å². The summed E-state index contributed by atoms with van der Waals surface area (Å²) in [5, 5.41) is 9.01. The molecule has 0 unspecified atom stereocenters. The van der Waals surface area contributed by atoms with Crippen molar-refractivity contribution in [3.63, 3.8) is 0 Å². The molecule has 0 fully saturated rings. The number of carbonyl (C=O) groups is 1. The minimum absolute atomic E-state index is 0.167. The largest absolute Gasteiger partial charge is 0.463 e. The van der Waals surface area contributed by atoms with Crippen molar-refractivity contribution in [2.24, 2.45) is 0 Å². The molecule has 8 nitrogen and oxygen atoms in total. The van der Waals surface area contributed by atoms with Gasteiger partial charge in [0, 0.05) is 19.0 Å². The maximum absolute atomic E-state index is 11.8. The lowest BCUT2D eigenvalue weighted by Gasteiger charge is -2.08. The smallest absolute Gasteiger partial charge is 0.225 e. The van der Waals surface area contributed by atoms with Crippen molar-refractivity contribution >= 4 is 21.7 Å². The van der Waals surface area contributed by atoms with Crippen LogP contribution in [0.2, 0.25) is 0 Å². The Morgan fingerprint density at radius 1 is 1.38 bits per heavy atom. The number of carbonyl (C=O) groups excluding carboxylic acids is 1. The number of sulfonamides is 1. The van der Waals surface area contributed by atoms with Gasteiger partial charge in [-0.1, -0.05) is 0 Å². The van der Waals surface area contributed by atoms with E-state index < -0.39 is 15.3 Å². The summed E-state index contributed by atoms with van der Waals surface area (Å²) in [6.45, 7) is 3.58. The Balaban J connectivity index is 1.69. The van der Waals surface area contributed by atoms with E-state index in [2.05, 4.69) is 20.2 Å². The van der Waals surface area contributed by atoms with Crippen LogP contribution in [0.1, 0.15) is 33.1 Å². The molecule has 0 radical (unpaired) electrons. The molecule has 2 aromatic heterocycles. The van der Waals surface area contributed by atoms with E-state index in [1.165, 1.54) is 0 Å². The highest BCUT2D eigenvalue weighted by atomic mass is 32.2. The van der Waals surface area contributed by atoms with Crippen molar-refractivity contribution < 1.29 is 17.6 Å². The van der Waals surface area contributed by atoms with Gasteiger partial charge in [0.1, 0.15) is 5.69 Å².